The SMILES string of the molecule is Cc1ccc(OC[C@@H]2c3ccsc3CCN2C(=O)CN(C(=O)NC(C)C)C2CC2)cc1. The third-order valence-electron chi connectivity index (χ3n) is 5.81. The molecule has 1 fully saturated rings. The van der Waals surface area contributed by atoms with E-state index in [0.717, 1.165) is 25.0 Å². The van der Waals surface area contributed by atoms with Gasteiger partial charge in [-0.15, -0.1) is 11.3 Å². The number of fused-ring (bicyclic) bond motifs is 1. The number of benzene rings is 1. The van der Waals surface area contributed by atoms with Crippen molar-refractivity contribution in [3.63, 3.8) is 0 Å². The van der Waals surface area contributed by atoms with E-state index < -0.39 is 0 Å². The summed E-state index contributed by atoms with van der Waals surface area (Å²) in [5.74, 6) is 0.788. The summed E-state index contributed by atoms with van der Waals surface area (Å²) in [5, 5.41) is 5.03. The van der Waals surface area contributed by atoms with Crippen molar-refractivity contribution in [1.82, 2.24) is 15.1 Å². The number of urea groups is 1. The fraction of sp³-hybridized carbons (Fsp3) is 0.500. The van der Waals surface area contributed by atoms with Crippen LogP contribution in [0.1, 0.15) is 48.7 Å². The minimum atomic E-state index is -0.147. The zero-order chi connectivity index (χ0) is 22.0. The van der Waals surface area contributed by atoms with Crippen molar-refractivity contribution >= 4 is 23.3 Å². The maximum absolute atomic E-state index is 13.4. The van der Waals surface area contributed by atoms with Gasteiger partial charge in [-0.3, -0.25) is 4.79 Å². The van der Waals surface area contributed by atoms with E-state index in [2.05, 4.69) is 16.8 Å². The molecule has 1 aliphatic carbocycles. The Balaban J connectivity index is 1.48. The molecule has 1 N–H and O–H groups in total. The van der Waals surface area contributed by atoms with E-state index in [1.54, 1.807) is 16.2 Å². The van der Waals surface area contributed by atoms with Gasteiger partial charge in [0.25, 0.3) is 0 Å². The molecule has 1 atom stereocenters. The van der Waals surface area contributed by atoms with Crippen LogP contribution in [0, 0.1) is 6.92 Å². The smallest absolute Gasteiger partial charge is 0.318 e. The van der Waals surface area contributed by atoms with Gasteiger partial charge in [0.2, 0.25) is 5.91 Å². The van der Waals surface area contributed by atoms with Crippen LogP contribution in [0.15, 0.2) is 35.7 Å². The first-order valence-electron chi connectivity index (χ1n) is 11.0. The number of ether oxygens (including phenoxy) is 1. The maximum Gasteiger partial charge on any atom is 0.318 e. The van der Waals surface area contributed by atoms with Gasteiger partial charge in [0.05, 0.1) is 6.04 Å². The van der Waals surface area contributed by atoms with Crippen molar-refractivity contribution in [1.29, 1.82) is 0 Å². The number of hydrogen-bond acceptors (Lipinski definition) is 4. The van der Waals surface area contributed by atoms with Crippen LogP contribution in [-0.4, -0.2) is 53.5 Å². The highest BCUT2D eigenvalue weighted by molar-refractivity contribution is 7.10. The highest BCUT2D eigenvalue weighted by Gasteiger charge is 2.38. The van der Waals surface area contributed by atoms with Gasteiger partial charge in [0.1, 0.15) is 18.9 Å². The Morgan fingerprint density at radius 2 is 1.97 bits per heavy atom. The van der Waals surface area contributed by atoms with E-state index in [1.165, 1.54) is 16.0 Å². The Hall–Kier alpha value is -2.54. The second-order valence-corrected chi connectivity index (χ2v) is 9.74. The van der Waals surface area contributed by atoms with Gasteiger partial charge >= 0.3 is 6.03 Å². The summed E-state index contributed by atoms with van der Waals surface area (Å²) >= 11 is 1.74. The summed E-state index contributed by atoms with van der Waals surface area (Å²) in [4.78, 5) is 31.0. The molecule has 2 heterocycles. The second-order valence-electron chi connectivity index (χ2n) is 8.74. The van der Waals surface area contributed by atoms with Crippen molar-refractivity contribution in [2.24, 2.45) is 0 Å². The van der Waals surface area contributed by atoms with Crippen LogP contribution in [0.4, 0.5) is 4.79 Å². The van der Waals surface area contributed by atoms with E-state index in [-0.39, 0.29) is 36.6 Å². The number of carbonyl (C=O) groups is 2. The molecule has 6 nitrogen and oxygen atoms in total. The zero-order valence-electron chi connectivity index (χ0n) is 18.5. The predicted molar refractivity (Wildman–Crippen MR) is 123 cm³/mol. The number of carbonyl (C=O) groups excluding carboxylic acids is 2. The maximum atomic E-state index is 13.4. The number of aryl methyl sites for hydroxylation is 1. The van der Waals surface area contributed by atoms with Crippen molar-refractivity contribution in [2.75, 3.05) is 19.7 Å². The summed E-state index contributed by atoms with van der Waals surface area (Å²) < 4.78 is 6.09. The largest absolute Gasteiger partial charge is 0.491 e. The normalized spacial score (nSPS) is 17.9. The molecule has 0 bridgehead atoms. The molecule has 1 aromatic carbocycles. The molecule has 1 aliphatic heterocycles. The minimum Gasteiger partial charge on any atom is -0.491 e. The van der Waals surface area contributed by atoms with Gasteiger partial charge in [0.15, 0.2) is 0 Å². The van der Waals surface area contributed by atoms with Crippen LogP contribution in [0.25, 0.3) is 0 Å². The molecule has 0 radical (unpaired) electrons. The molecule has 0 unspecified atom stereocenters. The first-order chi connectivity index (χ1) is 14.9. The van der Waals surface area contributed by atoms with E-state index in [1.807, 2.05) is 49.9 Å². The Bertz CT molecular complexity index is 920. The lowest BCUT2D eigenvalue weighted by Gasteiger charge is -2.37. The molecule has 4 rings (SSSR count). The van der Waals surface area contributed by atoms with Gasteiger partial charge in [-0.1, -0.05) is 17.7 Å². The number of nitrogens with zero attached hydrogens (tertiary/aromatic N) is 2. The monoisotopic (exact) mass is 441 g/mol. The predicted octanol–water partition coefficient (Wildman–Crippen LogP) is 4.14. The van der Waals surface area contributed by atoms with Crippen molar-refractivity contribution in [3.05, 3.63) is 51.7 Å². The number of nitrogens with one attached hydrogen (secondary N) is 1. The first-order valence-corrected chi connectivity index (χ1v) is 11.9. The molecule has 31 heavy (non-hydrogen) atoms. The molecule has 0 saturated heterocycles. The van der Waals surface area contributed by atoms with Gasteiger partial charge in [-0.2, -0.15) is 0 Å². The van der Waals surface area contributed by atoms with Crippen molar-refractivity contribution in [3.8, 4) is 5.75 Å². The molecule has 2 aromatic rings. The highest BCUT2D eigenvalue weighted by atomic mass is 32.1. The van der Waals surface area contributed by atoms with Gasteiger partial charge in [-0.05, 0) is 69.2 Å². The molecule has 166 valence electrons. The third-order valence-corrected chi connectivity index (χ3v) is 6.81. The number of thiophene rings is 1. The van der Waals surface area contributed by atoms with E-state index in [0.29, 0.717) is 13.2 Å². The van der Waals surface area contributed by atoms with E-state index in [4.69, 9.17) is 4.74 Å². The summed E-state index contributed by atoms with van der Waals surface area (Å²) in [5.41, 5.74) is 2.35. The van der Waals surface area contributed by atoms with Crippen LogP contribution in [-0.2, 0) is 11.2 Å². The number of amides is 3. The van der Waals surface area contributed by atoms with Gasteiger partial charge < -0.3 is 19.9 Å². The fourth-order valence-electron chi connectivity index (χ4n) is 4.00. The zero-order valence-corrected chi connectivity index (χ0v) is 19.3. The van der Waals surface area contributed by atoms with Gasteiger partial charge in [0, 0.05) is 23.5 Å². The van der Waals surface area contributed by atoms with Crippen LogP contribution >= 0.6 is 11.3 Å². The molecule has 7 heteroatoms. The Morgan fingerprint density at radius 1 is 1.23 bits per heavy atom. The molecule has 0 spiro atoms. The fourth-order valence-corrected chi connectivity index (χ4v) is 4.93. The van der Waals surface area contributed by atoms with Crippen molar-refractivity contribution < 1.29 is 14.3 Å². The van der Waals surface area contributed by atoms with E-state index >= 15 is 0 Å². The standard InChI is InChI=1S/C24H31N3O3S/c1-16(2)25-24(29)27(18-6-7-18)14-23(28)26-12-10-22-20(11-13-31-22)21(26)15-30-19-8-4-17(3)5-9-19/h4-5,8-9,11,13,16,18,21H,6-7,10,12,14-15H2,1-3H3,(H,25,29)/t21-/m1/s1. The average Bonchev–Trinajstić information content (AvgIpc) is 3.46. The summed E-state index contributed by atoms with van der Waals surface area (Å²) in [7, 11) is 0. The lowest BCUT2D eigenvalue weighted by molar-refractivity contribution is -0.135. The summed E-state index contributed by atoms with van der Waals surface area (Å²) in [6.45, 7) is 7.09. The Kier molecular flexibility index (Phi) is 6.51. The Morgan fingerprint density at radius 3 is 2.65 bits per heavy atom. The quantitative estimate of drug-likeness (QED) is 0.702. The van der Waals surface area contributed by atoms with Crippen LogP contribution < -0.4 is 10.1 Å². The first kappa shape index (κ1) is 21.7. The van der Waals surface area contributed by atoms with Crippen LogP contribution in [0.2, 0.25) is 0 Å². The number of hydrogen-bond donors (Lipinski definition) is 1. The lowest BCUT2D eigenvalue weighted by Crippen LogP contribution is -2.51. The second kappa shape index (κ2) is 9.30. The molecule has 3 amide bonds. The van der Waals surface area contributed by atoms with E-state index in [9.17, 15) is 9.59 Å². The molecular formula is C24H31N3O3S. The minimum absolute atomic E-state index is 0.0137. The van der Waals surface area contributed by atoms with Crippen LogP contribution in [0.5, 0.6) is 5.75 Å². The summed E-state index contributed by atoms with van der Waals surface area (Å²) in [6, 6.07) is 10.0. The molecule has 2 aliphatic rings. The molecule has 1 aromatic heterocycles. The van der Waals surface area contributed by atoms with Crippen LogP contribution in [0.3, 0.4) is 0 Å². The molecule has 1 saturated carbocycles. The van der Waals surface area contributed by atoms with Crippen molar-refractivity contribution in [2.45, 2.75) is 58.2 Å². The van der Waals surface area contributed by atoms with Gasteiger partial charge in [-0.25, -0.2) is 4.79 Å². The summed E-state index contributed by atoms with van der Waals surface area (Å²) in [6.07, 6.45) is 2.78. The topological polar surface area (TPSA) is 61.9 Å². The Labute approximate surface area is 188 Å². The third kappa shape index (κ3) is 5.21. The number of rotatable bonds is 7. The highest BCUT2D eigenvalue weighted by Crippen LogP contribution is 2.34. The lowest BCUT2D eigenvalue weighted by atomic mass is 10.0. The average molecular weight is 442 g/mol. The molecular weight excluding hydrogens is 410 g/mol.